The normalized spacial score (nSPS) is 18.2. The van der Waals surface area contributed by atoms with Gasteiger partial charge in [0.2, 0.25) is 0 Å². The van der Waals surface area contributed by atoms with E-state index < -0.39 is 0 Å². The van der Waals surface area contributed by atoms with Crippen molar-refractivity contribution < 1.29 is 4.79 Å². The number of aryl methyl sites for hydroxylation is 1. The summed E-state index contributed by atoms with van der Waals surface area (Å²) in [7, 11) is 1.86. The lowest BCUT2D eigenvalue weighted by Gasteiger charge is -2.16. The summed E-state index contributed by atoms with van der Waals surface area (Å²) >= 11 is 0. The van der Waals surface area contributed by atoms with Gasteiger partial charge in [0.1, 0.15) is 6.54 Å². The fourth-order valence-electron chi connectivity index (χ4n) is 1.58. The van der Waals surface area contributed by atoms with Crippen LogP contribution in [-0.4, -0.2) is 39.1 Å². The molecule has 0 saturated heterocycles. The molecular formula is C8H7N5O. The van der Waals surface area contributed by atoms with E-state index in [0.29, 0.717) is 11.5 Å². The van der Waals surface area contributed by atoms with Crippen molar-refractivity contribution in [1.82, 2.24) is 14.5 Å². The van der Waals surface area contributed by atoms with Gasteiger partial charge in [-0.15, -0.1) is 0 Å². The lowest BCUT2D eigenvalue weighted by Crippen LogP contribution is -2.30. The Kier molecular flexibility index (Phi) is 1.21. The Labute approximate surface area is 79.6 Å². The van der Waals surface area contributed by atoms with E-state index in [0.717, 1.165) is 5.82 Å². The number of imidazole rings is 1. The smallest absolute Gasteiger partial charge is 0.267 e. The molecule has 1 aromatic rings. The van der Waals surface area contributed by atoms with Crippen molar-refractivity contribution in [3.05, 3.63) is 12.0 Å². The van der Waals surface area contributed by atoms with Crippen LogP contribution in [0, 0.1) is 0 Å². The van der Waals surface area contributed by atoms with E-state index in [4.69, 9.17) is 0 Å². The Balaban J connectivity index is 2.23. The summed E-state index contributed by atoms with van der Waals surface area (Å²) in [4.78, 5) is 25.1. The zero-order chi connectivity index (χ0) is 9.71. The third-order valence-electron chi connectivity index (χ3n) is 2.25. The largest absolute Gasteiger partial charge is 0.318 e. The maximum absolute atomic E-state index is 11.1. The zero-order valence-corrected chi connectivity index (χ0v) is 7.51. The first-order valence-electron chi connectivity index (χ1n) is 4.20. The summed E-state index contributed by atoms with van der Waals surface area (Å²) < 4.78 is 1.80. The molecule has 0 spiro atoms. The molecule has 0 atom stereocenters. The predicted molar refractivity (Wildman–Crippen MR) is 49.6 cm³/mol. The molecule has 0 saturated carbocycles. The van der Waals surface area contributed by atoms with Crippen molar-refractivity contribution in [2.75, 3.05) is 6.54 Å². The van der Waals surface area contributed by atoms with Crippen LogP contribution in [0.15, 0.2) is 16.3 Å². The number of carbonyl (C=O) groups is 1. The van der Waals surface area contributed by atoms with Crippen LogP contribution in [0.2, 0.25) is 0 Å². The van der Waals surface area contributed by atoms with E-state index in [9.17, 15) is 4.79 Å². The van der Waals surface area contributed by atoms with Gasteiger partial charge in [-0.25, -0.2) is 9.98 Å². The molecule has 70 valence electrons. The summed E-state index contributed by atoms with van der Waals surface area (Å²) in [5.41, 5.74) is 0.681. The Morgan fingerprint density at radius 1 is 1.50 bits per heavy atom. The minimum atomic E-state index is -0.148. The van der Waals surface area contributed by atoms with Gasteiger partial charge in [0.25, 0.3) is 5.91 Å². The van der Waals surface area contributed by atoms with Gasteiger partial charge in [0.05, 0.1) is 12.7 Å². The van der Waals surface area contributed by atoms with Crippen LogP contribution >= 0.6 is 0 Å². The highest BCUT2D eigenvalue weighted by Gasteiger charge is 2.30. The first kappa shape index (κ1) is 7.43. The molecule has 0 fully saturated rings. The fourth-order valence-corrected chi connectivity index (χ4v) is 1.58. The first-order chi connectivity index (χ1) is 6.75. The second kappa shape index (κ2) is 2.28. The fraction of sp³-hybridized carbons (Fsp3) is 0.250. The topological polar surface area (TPSA) is 62.9 Å². The molecule has 1 aromatic heterocycles. The molecule has 6 nitrogen and oxygen atoms in total. The van der Waals surface area contributed by atoms with Crippen molar-refractivity contribution in [1.29, 1.82) is 0 Å². The molecule has 0 aromatic carbocycles. The molecular weight excluding hydrogens is 182 g/mol. The van der Waals surface area contributed by atoms with Crippen LogP contribution in [0.25, 0.3) is 0 Å². The molecule has 0 N–H and O–H groups in total. The van der Waals surface area contributed by atoms with Crippen LogP contribution in [-0.2, 0) is 11.8 Å². The van der Waals surface area contributed by atoms with Gasteiger partial charge < -0.3 is 9.47 Å². The summed E-state index contributed by atoms with van der Waals surface area (Å²) in [6.07, 6.45) is 3.28. The molecule has 3 heterocycles. The van der Waals surface area contributed by atoms with Gasteiger partial charge >= 0.3 is 0 Å². The quantitative estimate of drug-likeness (QED) is 0.562. The van der Waals surface area contributed by atoms with E-state index in [1.807, 2.05) is 7.05 Å². The lowest BCUT2D eigenvalue weighted by atomic mass is 10.3. The van der Waals surface area contributed by atoms with Gasteiger partial charge in [-0.1, -0.05) is 0 Å². The summed E-state index contributed by atoms with van der Waals surface area (Å²) in [5, 5.41) is 0. The minimum Gasteiger partial charge on any atom is -0.318 e. The van der Waals surface area contributed by atoms with Crippen molar-refractivity contribution in [3.63, 3.8) is 0 Å². The van der Waals surface area contributed by atoms with E-state index >= 15 is 0 Å². The monoisotopic (exact) mass is 189 g/mol. The van der Waals surface area contributed by atoms with Gasteiger partial charge in [-0.2, -0.15) is 4.99 Å². The molecule has 2 aliphatic heterocycles. The van der Waals surface area contributed by atoms with Crippen LogP contribution in [0.1, 0.15) is 5.69 Å². The Morgan fingerprint density at radius 3 is 3.21 bits per heavy atom. The molecule has 2 aliphatic rings. The number of carbonyl (C=O) groups excluding carboxylic acids is 1. The third-order valence-corrected chi connectivity index (χ3v) is 2.25. The van der Waals surface area contributed by atoms with Gasteiger partial charge in [-0.05, 0) is 0 Å². The number of amidine groups is 1. The Morgan fingerprint density at radius 2 is 2.36 bits per heavy atom. The number of hydrogen-bond donors (Lipinski definition) is 0. The van der Waals surface area contributed by atoms with Crippen LogP contribution in [0.4, 0.5) is 5.82 Å². The van der Waals surface area contributed by atoms with Crippen LogP contribution in [0.3, 0.4) is 0 Å². The van der Waals surface area contributed by atoms with E-state index in [1.165, 1.54) is 0 Å². The number of fused-ring (bicyclic) bond motifs is 3. The SMILES string of the molecule is Cn1cnc2c1N=CN1CC(=O)N=C21. The average molecular weight is 189 g/mol. The van der Waals surface area contributed by atoms with E-state index in [-0.39, 0.29) is 12.5 Å². The molecule has 0 aliphatic carbocycles. The van der Waals surface area contributed by atoms with Crippen molar-refractivity contribution in [2.24, 2.45) is 17.0 Å². The maximum Gasteiger partial charge on any atom is 0.267 e. The van der Waals surface area contributed by atoms with E-state index in [2.05, 4.69) is 15.0 Å². The Hall–Kier alpha value is -1.98. The number of aliphatic imine (C=N–C) groups is 2. The average Bonchev–Trinajstić information content (AvgIpc) is 2.68. The summed E-state index contributed by atoms with van der Waals surface area (Å²) in [5.74, 6) is 1.21. The molecule has 14 heavy (non-hydrogen) atoms. The van der Waals surface area contributed by atoms with Crippen LogP contribution < -0.4 is 0 Å². The maximum atomic E-state index is 11.1. The van der Waals surface area contributed by atoms with Gasteiger partial charge in [0.15, 0.2) is 17.3 Å². The summed E-state index contributed by atoms with van der Waals surface area (Å²) in [6, 6.07) is 0. The Bertz CT molecular complexity index is 484. The molecule has 0 bridgehead atoms. The number of hydrogen-bond acceptors (Lipinski definition) is 4. The minimum absolute atomic E-state index is 0.148. The van der Waals surface area contributed by atoms with Gasteiger partial charge in [0, 0.05) is 7.05 Å². The number of rotatable bonds is 0. The van der Waals surface area contributed by atoms with Crippen molar-refractivity contribution in [3.8, 4) is 0 Å². The predicted octanol–water partition coefficient (Wildman–Crippen LogP) is -0.318. The molecule has 1 amide bonds. The van der Waals surface area contributed by atoms with Crippen molar-refractivity contribution >= 4 is 23.9 Å². The second-order valence-corrected chi connectivity index (χ2v) is 3.23. The molecule has 6 heteroatoms. The first-order valence-corrected chi connectivity index (χ1v) is 4.20. The van der Waals surface area contributed by atoms with Crippen LogP contribution in [0.5, 0.6) is 0 Å². The van der Waals surface area contributed by atoms with E-state index in [1.54, 1.807) is 22.1 Å². The highest BCUT2D eigenvalue weighted by atomic mass is 16.2. The second-order valence-electron chi connectivity index (χ2n) is 3.23. The number of amides is 1. The third kappa shape index (κ3) is 0.795. The lowest BCUT2D eigenvalue weighted by molar-refractivity contribution is -0.116. The number of nitrogens with zero attached hydrogens (tertiary/aromatic N) is 5. The van der Waals surface area contributed by atoms with Crippen molar-refractivity contribution in [2.45, 2.75) is 0 Å². The summed E-state index contributed by atoms with van der Waals surface area (Å²) in [6.45, 7) is 0.273. The highest BCUT2D eigenvalue weighted by Crippen LogP contribution is 2.24. The zero-order valence-electron chi connectivity index (χ0n) is 7.51. The highest BCUT2D eigenvalue weighted by molar-refractivity contribution is 6.17. The molecule has 0 radical (unpaired) electrons. The number of aromatic nitrogens is 2. The van der Waals surface area contributed by atoms with Gasteiger partial charge in [-0.3, -0.25) is 4.79 Å². The molecule has 0 unspecified atom stereocenters. The molecule has 3 rings (SSSR count). The standard InChI is InChI=1S/C8H7N5O/c1-12-3-9-6-7(12)10-4-13-2-5(14)11-8(6)13/h3-4H,2H2,1H3.